The lowest BCUT2D eigenvalue weighted by Gasteiger charge is -2.16. The average Bonchev–Trinajstić information content (AvgIpc) is 2.73. The summed E-state index contributed by atoms with van der Waals surface area (Å²) in [5, 5.41) is 2.76. The minimum Gasteiger partial charge on any atom is -0.346 e. The van der Waals surface area contributed by atoms with Gasteiger partial charge in [-0.2, -0.15) is 0 Å². The van der Waals surface area contributed by atoms with Crippen molar-refractivity contribution in [2.24, 2.45) is 0 Å². The van der Waals surface area contributed by atoms with Gasteiger partial charge in [-0.3, -0.25) is 9.52 Å². The number of sulfone groups is 1. The predicted octanol–water partition coefficient (Wildman–Crippen LogP) is 4.34. The Balaban J connectivity index is 1.81. The zero-order valence-electron chi connectivity index (χ0n) is 18.2. The first-order chi connectivity index (χ1) is 15.4. The maximum absolute atomic E-state index is 12.9. The van der Waals surface area contributed by atoms with E-state index in [2.05, 4.69) is 10.0 Å². The van der Waals surface area contributed by atoms with Crippen LogP contribution in [0.15, 0.2) is 76.5 Å². The van der Waals surface area contributed by atoms with Crippen LogP contribution in [0.3, 0.4) is 0 Å². The van der Waals surface area contributed by atoms with E-state index in [-0.39, 0.29) is 20.4 Å². The predicted molar refractivity (Wildman–Crippen MR) is 129 cm³/mol. The fraction of sp³-hybridized carbons (Fsp3) is 0.174. The van der Waals surface area contributed by atoms with Crippen LogP contribution in [0, 0.1) is 6.92 Å². The van der Waals surface area contributed by atoms with E-state index in [0.29, 0.717) is 11.3 Å². The van der Waals surface area contributed by atoms with Gasteiger partial charge < -0.3 is 5.32 Å². The summed E-state index contributed by atoms with van der Waals surface area (Å²) in [6.07, 6.45) is 1.12. The van der Waals surface area contributed by atoms with Gasteiger partial charge in [0, 0.05) is 17.5 Å². The van der Waals surface area contributed by atoms with Crippen molar-refractivity contribution in [1.29, 1.82) is 0 Å². The maximum Gasteiger partial charge on any atom is 0.263 e. The van der Waals surface area contributed by atoms with E-state index >= 15 is 0 Å². The molecule has 1 amide bonds. The van der Waals surface area contributed by atoms with Crippen molar-refractivity contribution in [3.8, 4) is 0 Å². The van der Waals surface area contributed by atoms with Gasteiger partial charge in [-0.1, -0.05) is 35.9 Å². The molecule has 174 valence electrons. The first-order valence-corrected chi connectivity index (χ1v) is 13.6. The summed E-state index contributed by atoms with van der Waals surface area (Å²) >= 11 is 6.14. The summed E-state index contributed by atoms with van der Waals surface area (Å²) in [6, 6.07) is 16.6. The Hall–Kier alpha value is -2.88. The molecule has 0 aliphatic heterocycles. The molecule has 3 aromatic rings. The first kappa shape index (κ1) is 24.8. The molecule has 2 N–H and O–H groups in total. The molecule has 0 fully saturated rings. The van der Waals surface area contributed by atoms with Gasteiger partial charge in [0.05, 0.1) is 16.0 Å². The summed E-state index contributed by atoms with van der Waals surface area (Å²) in [7, 11) is -7.36. The summed E-state index contributed by atoms with van der Waals surface area (Å²) in [6.45, 7) is 3.58. The van der Waals surface area contributed by atoms with Gasteiger partial charge in [-0.25, -0.2) is 16.8 Å². The molecule has 0 bridgehead atoms. The normalized spacial score (nSPS) is 12.7. The van der Waals surface area contributed by atoms with Crippen LogP contribution < -0.4 is 10.0 Å². The molecule has 0 radical (unpaired) electrons. The summed E-state index contributed by atoms with van der Waals surface area (Å²) in [4.78, 5) is 12.7. The Kier molecular flexibility index (Phi) is 7.16. The van der Waals surface area contributed by atoms with Gasteiger partial charge in [0.15, 0.2) is 9.84 Å². The lowest BCUT2D eigenvalue weighted by atomic mass is 10.1. The van der Waals surface area contributed by atoms with Gasteiger partial charge in [-0.05, 0) is 67.4 Å². The molecule has 0 saturated heterocycles. The molecule has 10 heteroatoms. The molecule has 7 nitrogen and oxygen atoms in total. The molecule has 33 heavy (non-hydrogen) atoms. The molecule has 0 heterocycles. The number of nitrogens with one attached hydrogen (secondary N) is 2. The minimum atomic E-state index is -4.04. The Morgan fingerprint density at radius 1 is 0.939 bits per heavy atom. The third-order valence-corrected chi connectivity index (χ3v) is 7.90. The number of benzene rings is 3. The van der Waals surface area contributed by atoms with Crippen molar-refractivity contribution in [2.75, 3.05) is 11.0 Å². The molecule has 0 saturated carbocycles. The molecular formula is C23H23ClN2O5S2. The van der Waals surface area contributed by atoms with Crippen LogP contribution in [-0.2, 0) is 19.9 Å². The third kappa shape index (κ3) is 6.13. The summed E-state index contributed by atoms with van der Waals surface area (Å²) in [5.74, 6) is -0.502. The number of hydrogen-bond donors (Lipinski definition) is 2. The summed E-state index contributed by atoms with van der Waals surface area (Å²) < 4.78 is 51.5. The molecule has 1 unspecified atom stereocenters. The van der Waals surface area contributed by atoms with Crippen molar-refractivity contribution < 1.29 is 21.6 Å². The van der Waals surface area contributed by atoms with Gasteiger partial charge in [0.2, 0.25) is 0 Å². The molecule has 0 spiro atoms. The van der Waals surface area contributed by atoms with Crippen molar-refractivity contribution >= 4 is 43.1 Å². The largest absolute Gasteiger partial charge is 0.346 e. The van der Waals surface area contributed by atoms with Gasteiger partial charge >= 0.3 is 0 Å². The minimum absolute atomic E-state index is 0.0175. The maximum atomic E-state index is 12.9. The zero-order valence-corrected chi connectivity index (χ0v) is 20.6. The number of rotatable bonds is 7. The van der Waals surface area contributed by atoms with E-state index in [4.69, 9.17) is 11.6 Å². The topological polar surface area (TPSA) is 109 Å². The van der Waals surface area contributed by atoms with Gasteiger partial charge in [-0.15, -0.1) is 0 Å². The fourth-order valence-corrected chi connectivity index (χ4v) is 5.34. The molecule has 3 rings (SSSR count). The highest BCUT2D eigenvalue weighted by Crippen LogP contribution is 2.26. The lowest BCUT2D eigenvalue weighted by Crippen LogP contribution is -2.27. The van der Waals surface area contributed by atoms with Crippen LogP contribution in [0.2, 0.25) is 5.02 Å². The number of carbonyl (C=O) groups is 1. The van der Waals surface area contributed by atoms with E-state index in [9.17, 15) is 21.6 Å². The smallest absolute Gasteiger partial charge is 0.263 e. The number of hydrogen-bond acceptors (Lipinski definition) is 5. The number of anilines is 1. The number of sulfonamides is 1. The monoisotopic (exact) mass is 506 g/mol. The molecule has 1 atom stereocenters. The Morgan fingerprint density at radius 3 is 2.21 bits per heavy atom. The van der Waals surface area contributed by atoms with Crippen LogP contribution in [-0.4, -0.2) is 29.0 Å². The van der Waals surface area contributed by atoms with E-state index < -0.39 is 31.8 Å². The highest BCUT2D eigenvalue weighted by molar-refractivity contribution is 7.92. The summed E-state index contributed by atoms with van der Waals surface area (Å²) in [5.41, 5.74) is 2.07. The Labute approximate surface area is 198 Å². The quantitative estimate of drug-likeness (QED) is 0.495. The number of carbonyl (C=O) groups excluding carboxylic acids is 1. The van der Waals surface area contributed by atoms with E-state index in [1.54, 1.807) is 37.3 Å². The molecule has 0 aliphatic carbocycles. The van der Waals surface area contributed by atoms with Crippen LogP contribution in [0.1, 0.15) is 34.5 Å². The van der Waals surface area contributed by atoms with Crippen LogP contribution in [0.4, 0.5) is 5.69 Å². The average molecular weight is 507 g/mol. The number of aryl methyl sites for hydroxylation is 1. The molecular weight excluding hydrogens is 484 g/mol. The van der Waals surface area contributed by atoms with Gasteiger partial charge in [0.1, 0.15) is 4.90 Å². The lowest BCUT2D eigenvalue weighted by molar-refractivity contribution is 0.0939. The van der Waals surface area contributed by atoms with Crippen LogP contribution in [0.5, 0.6) is 0 Å². The van der Waals surface area contributed by atoms with Crippen LogP contribution in [0.25, 0.3) is 0 Å². The van der Waals surface area contributed by atoms with E-state index in [1.807, 2.05) is 13.0 Å². The molecule has 0 aliphatic rings. The van der Waals surface area contributed by atoms with Crippen molar-refractivity contribution in [3.05, 3.63) is 88.4 Å². The first-order valence-electron chi connectivity index (χ1n) is 9.87. The SMILES string of the molecule is Cc1cccc(NS(=O)(=O)c2cc(C(=O)NC(C)c3ccc(S(C)(=O)=O)cc3)ccc2Cl)c1. The Bertz CT molecular complexity index is 1400. The molecule has 0 aromatic heterocycles. The third-order valence-electron chi connectivity index (χ3n) is 4.91. The Morgan fingerprint density at radius 2 is 1.61 bits per heavy atom. The van der Waals surface area contributed by atoms with Gasteiger partial charge in [0.25, 0.3) is 15.9 Å². The zero-order chi connectivity index (χ0) is 24.4. The number of halogens is 1. The standard InChI is InChI=1S/C23H23ClN2O5S2/c1-15-5-4-6-19(13-15)26-33(30,31)22-14-18(9-12-21(22)24)23(27)25-16(2)17-7-10-20(11-8-17)32(3,28)29/h4-14,16,26H,1-3H3,(H,25,27). The molecule has 3 aromatic carbocycles. The van der Waals surface area contributed by atoms with E-state index in [1.165, 1.54) is 30.3 Å². The number of amides is 1. The second kappa shape index (κ2) is 9.54. The van der Waals surface area contributed by atoms with Crippen molar-refractivity contribution in [3.63, 3.8) is 0 Å². The van der Waals surface area contributed by atoms with Crippen molar-refractivity contribution in [1.82, 2.24) is 5.32 Å². The van der Waals surface area contributed by atoms with E-state index in [0.717, 1.165) is 11.8 Å². The highest BCUT2D eigenvalue weighted by Gasteiger charge is 2.21. The van der Waals surface area contributed by atoms with Crippen LogP contribution >= 0.6 is 11.6 Å². The second-order valence-electron chi connectivity index (χ2n) is 7.66. The second-order valence-corrected chi connectivity index (χ2v) is 11.7. The van der Waals surface area contributed by atoms with Crippen molar-refractivity contribution in [2.45, 2.75) is 29.7 Å². The highest BCUT2D eigenvalue weighted by atomic mass is 35.5. The fourth-order valence-electron chi connectivity index (χ4n) is 3.14.